The molecule has 4 nitrogen and oxygen atoms in total. The smallest absolute Gasteiger partial charge is 0.240 e. The van der Waals surface area contributed by atoms with E-state index in [4.69, 9.17) is 17.3 Å². The summed E-state index contributed by atoms with van der Waals surface area (Å²) in [6.07, 6.45) is 0.199. The lowest BCUT2D eigenvalue weighted by Gasteiger charge is -2.07. The van der Waals surface area contributed by atoms with Gasteiger partial charge in [0.2, 0.25) is 11.8 Å². The molecule has 1 saturated heterocycles. The molecule has 6 heteroatoms. The Morgan fingerprint density at radius 1 is 1.44 bits per heavy atom. The number of anilines is 1. The second kappa shape index (κ2) is 4.35. The lowest BCUT2D eigenvalue weighted by Crippen LogP contribution is -2.22. The molecule has 1 aliphatic rings. The Morgan fingerprint density at radius 3 is 2.75 bits per heavy atom. The largest absolute Gasteiger partial charge is 0.399 e. The van der Waals surface area contributed by atoms with Crippen LogP contribution in [0.3, 0.4) is 0 Å². The molecule has 84 valence electrons. The maximum atomic E-state index is 11.3. The molecule has 0 radical (unpaired) electrons. The van der Waals surface area contributed by atoms with Crippen LogP contribution in [0.15, 0.2) is 23.1 Å². The third-order valence-corrected chi connectivity index (χ3v) is 3.85. The summed E-state index contributed by atoms with van der Waals surface area (Å²) >= 11 is 7.25. The average Bonchev–Trinajstić information content (AvgIpc) is 2.50. The van der Waals surface area contributed by atoms with Gasteiger partial charge < -0.3 is 5.73 Å². The molecule has 0 bridgehead atoms. The number of benzene rings is 1. The van der Waals surface area contributed by atoms with E-state index in [9.17, 15) is 9.59 Å². The first-order valence-corrected chi connectivity index (χ1v) is 5.87. The fourth-order valence-electron chi connectivity index (χ4n) is 1.39. The van der Waals surface area contributed by atoms with Crippen molar-refractivity contribution >= 4 is 40.9 Å². The summed E-state index contributed by atoms with van der Waals surface area (Å²) in [5, 5.41) is 2.35. The van der Waals surface area contributed by atoms with Gasteiger partial charge in [-0.25, -0.2) is 0 Å². The zero-order valence-corrected chi connectivity index (χ0v) is 9.77. The molecule has 0 aromatic heterocycles. The lowest BCUT2D eigenvalue weighted by atomic mass is 10.3. The molecule has 3 N–H and O–H groups in total. The van der Waals surface area contributed by atoms with Crippen LogP contribution in [0, 0.1) is 0 Å². The normalized spacial score (nSPS) is 19.9. The topological polar surface area (TPSA) is 72.2 Å². The van der Waals surface area contributed by atoms with Gasteiger partial charge in [-0.2, -0.15) is 0 Å². The number of nitrogen functional groups attached to an aromatic ring is 1. The molecule has 2 rings (SSSR count). The quantitative estimate of drug-likeness (QED) is 0.620. The van der Waals surface area contributed by atoms with E-state index in [1.807, 2.05) is 0 Å². The predicted octanol–water partition coefficient (Wildman–Crippen LogP) is 1.43. The molecule has 1 atom stereocenters. The van der Waals surface area contributed by atoms with Gasteiger partial charge in [-0.05, 0) is 18.2 Å². The maximum absolute atomic E-state index is 11.3. The van der Waals surface area contributed by atoms with Crippen molar-refractivity contribution in [3.05, 3.63) is 23.2 Å². The molecule has 1 aromatic rings. The third-order valence-electron chi connectivity index (χ3n) is 2.15. The number of imide groups is 1. The second-order valence-corrected chi connectivity index (χ2v) is 5.06. The summed E-state index contributed by atoms with van der Waals surface area (Å²) in [5.74, 6) is -0.503. The fraction of sp³-hybridized carbons (Fsp3) is 0.200. The molecule has 0 spiro atoms. The van der Waals surface area contributed by atoms with E-state index in [1.165, 1.54) is 11.8 Å². The van der Waals surface area contributed by atoms with Gasteiger partial charge in [-0.1, -0.05) is 11.6 Å². The van der Waals surface area contributed by atoms with E-state index in [2.05, 4.69) is 5.32 Å². The highest BCUT2D eigenvalue weighted by atomic mass is 35.5. The first-order chi connectivity index (χ1) is 7.56. The first kappa shape index (κ1) is 11.3. The maximum Gasteiger partial charge on any atom is 0.240 e. The number of nitrogens with one attached hydrogen (secondary N) is 1. The molecule has 0 saturated carbocycles. The highest BCUT2D eigenvalue weighted by Crippen LogP contribution is 2.34. The number of nitrogens with two attached hydrogens (primary N) is 1. The van der Waals surface area contributed by atoms with E-state index in [1.54, 1.807) is 18.2 Å². The molecule has 2 amide bonds. The Kier molecular flexibility index (Phi) is 3.07. The zero-order chi connectivity index (χ0) is 11.7. The summed E-state index contributed by atoms with van der Waals surface area (Å²) in [4.78, 5) is 23.1. The van der Waals surface area contributed by atoms with E-state index >= 15 is 0 Å². The van der Waals surface area contributed by atoms with Crippen LogP contribution in [0.5, 0.6) is 0 Å². The first-order valence-electron chi connectivity index (χ1n) is 4.61. The summed E-state index contributed by atoms with van der Waals surface area (Å²) in [5.41, 5.74) is 6.13. The molecule has 16 heavy (non-hydrogen) atoms. The number of hydrogen-bond acceptors (Lipinski definition) is 4. The summed E-state index contributed by atoms with van der Waals surface area (Å²) in [6.45, 7) is 0. The predicted molar refractivity (Wildman–Crippen MR) is 63.3 cm³/mol. The van der Waals surface area contributed by atoms with Gasteiger partial charge in [-0.15, -0.1) is 11.8 Å². The number of rotatable bonds is 2. The average molecular weight is 257 g/mol. The zero-order valence-electron chi connectivity index (χ0n) is 8.20. The molecule has 1 fully saturated rings. The van der Waals surface area contributed by atoms with Crippen LogP contribution in [-0.4, -0.2) is 17.1 Å². The summed E-state index contributed by atoms with van der Waals surface area (Å²) in [7, 11) is 0. The van der Waals surface area contributed by atoms with Crippen LogP contribution < -0.4 is 11.1 Å². The molecular weight excluding hydrogens is 248 g/mol. The highest BCUT2D eigenvalue weighted by Gasteiger charge is 2.31. The number of thioether (sulfide) groups is 1. The van der Waals surface area contributed by atoms with Crippen LogP contribution >= 0.6 is 23.4 Å². The molecule has 1 unspecified atom stereocenters. The van der Waals surface area contributed by atoms with Crippen molar-refractivity contribution in [3.8, 4) is 0 Å². The van der Waals surface area contributed by atoms with Crippen molar-refractivity contribution in [2.45, 2.75) is 16.6 Å². The Labute approximate surface area is 102 Å². The van der Waals surface area contributed by atoms with Gasteiger partial charge in [0.25, 0.3) is 0 Å². The Bertz CT molecular complexity index is 464. The van der Waals surface area contributed by atoms with Crippen LogP contribution in [0.2, 0.25) is 5.02 Å². The standard InChI is InChI=1S/C10H9ClN2O2S/c11-6-3-5(12)1-2-7(6)16-8-4-9(14)13-10(8)15/h1-3,8H,4,12H2,(H,13,14,15). The van der Waals surface area contributed by atoms with E-state index in [0.29, 0.717) is 10.7 Å². The number of carbonyl (C=O) groups excluding carboxylic acids is 2. The Morgan fingerprint density at radius 2 is 2.19 bits per heavy atom. The SMILES string of the molecule is Nc1ccc(SC2CC(=O)NC2=O)c(Cl)c1. The number of carbonyl (C=O) groups is 2. The fourth-order valence-corrected chi connectivity index (χ4v) is 2.74. The monoisotopic (exact) mass is 256 g/mol. The molecule has 0 aliphatic carbocycles. The van der Waals surface area contributed by atoms with Crippen LogP contribution in [0.4, 0.5) is 5.69 Å². The number of hydrogen-bond donors (Lipinski definition) is 2. The van der Waals surface area contributed by atoms with Crippen molar-refractivity contribution in [2.24, 2.45) is 0 Å². The molecule has 1 aromatic carbocycles. The van der Waals surface area contributed by atoms with Gasteiger partial charge in [0, 0.05) is 17.0 Å². The van der Waals surface area contributed by atoms with Crippen LogP contribution in [0.1, 0.15) is 6.42 Å². The minimum atomic E-state index is -0.395. The van der Waals surface area contributed by atoms with Gasteiger partial charge in [0.05, 0.1) is 10.3 Å². The second-order valence-electron chi connectivity index (χ2n) is 3.41. The van der Waals surface area contributed by atoms with Crippen molar-refractivity contribution < 1.29 is 9.59 Å². The van der Waals surface area contributed by atoms with Crippen LogP contribution in [-0.2, 0) is 9.59 Å². The van der Waals surface area contributed by atoms with Gasteiger partial charge >= 0.3 is 0 Å². The van der Waals surface area contributed by atoms with Crippen molar-refractivity contribution in [3.63, 3.8) is 0 Å². The van der Waals surface area contributed by atoms with Gasteiger partial charge in [0.1, 0.15) is 0 Å². The summed E-state index contributed by atoms with van der Waals surface area (Å²) in [6, 6.07) is 5.08. The minimum absolute atomic E-state index is 0.199. The van der Waals surface area contributed by atoms with E-state index in [-0.39, 0.29) is 18.2 Å². The third kappa shape index (κ3) is 2.31. The minimum Gasteiger partial charge on any atom is -0.399 e. The summed E-state index contributed by atoms with van der Waals surface area (Å²) < 4.78 is 0. The van der Waals surface area contributed by atoms with E-state index < -0.39 is 5.25 Å². The van der Waals surface area contributed by atoms with E-state index in [0.717, 1.165) is 4.90 Å². The van der Waals surface area contributed by atoms with Gasteiger partial charge in [-0.3, -0.25) is 14.9 Å². The number of amides is 2. The Hall–Kier alpha value is -1.20. The van der Waals surface area contributed by atoms with Crippen LogP contribution in [0.25, 0.3) is 0 Å². The number of halogens is 1. The molecular formula is C10H9ClN2O2S. The highest BCUT2D eigenvalue weighted by molar-refractivity contribution is 8.00. The Balaban J connectivity index is 2.15. The van der Waals surface area contributed by atoms with Crippen molar-refractivity contribution in [2.75, 3.05) is 5.73 Å². The molecule has 1 aliphatic heterocycles. The van der Waals surface area contributed by atoms with Crippen molar-refractivity contribution in [1.29, 1.82) is 0 Å². The molecule has 1 heterocycles. The lowest BCUT2D eigenvalue weighted by molar-refractivity contribution is -0.124. The van der Waals surface area contributed by atoms with Gasteiger partial charge in [0.15, 0.2) is 0 Å². The van der Waals surface area contributed by atoms with Crippen molar-refractivity contribution in [1.82, 2.24) is 5.32 Å².